The van der Waals surface area contributed by atoms with E-state index in [1.807, 2.05) is 24.3 Å². The number of hydrogen-bond acceptors (Lipinski definition) is 1. The number of hydrogen-bond donors (Lipinski definition) is 0. The topological polar surface area (TPSA) is 17.8 Å². The van der Waals surface area contributed by atoms with Crippen LogP contribution in [0.3, 0.4) is 0 Å². The fourth-order valence-corrected chi connectivity index (χ4v) is 2.99. The smallest absolute Gasteiger partial charge is 0.132 e. The van der Waals surface area contributed by atoms with Gasteiger partial charge in [0, 0.05) is 16.5 Å². The molecule has 1 heterocycles. The van der Waals surface area contributed by atoms with Crippen molar-refractivity contribution >= 4 is 34.8 Å². The lowest BCUT2D eigenvalue weighted by molar-refractivity contribution is 0.673. The largest absolute Gasteiger partial charge is 0.249 e. The molecule has 0 radical (unpaired) electrons. The minimum absolute atomic E-state index is 0.410. The lowest BCUT2D eigenvalue weighted by atomic mass is 10.2. The summed E-state index contributed by atoms with van der Waals surface area (Å²) < 4.78 is 1.80. The molecule has 100 valence electrons. The number of aromatic nitrogens is 2. The molecule has 1 aromatic carbocycles. The standard InChI is InChI=1S/C14H13Cl3N2/c15-7-11-13(9-5-6-9)18-19(14(11)17)8-10-3-1-2-4-12(10)16/h1-4,9H,5-8H2. The SMILES string of the molecule is ClCc1c(C2CC2)nn(Cc2ccccc2Cl)c1Cl. The zero-order valence-corrected chi connectivity index (χ0v) is 12.5. The van der Waals surface area contributed by atoms with Crippen LogP contribution >= 0.6 is 34.8 Å². The van der Waals surface area contributed by atoms with Crippen LogP contribution < -0.4 is 0 Å². The van der Waals surface area contributed by atoms with Gasteiger partial charge in [-0.25, -0.2) is 4.68 Å². The van der Waals surface area contributed by atoms with E-state index in [9.17, 15) is 0 Å². The zero-order valence-electron chi connectivity index (χ0n) is 10.2. The van der Waals surface area contributed by atoms with Crippen molar-refractivity contribution in [2.24, 2.45) is 0 Å². The van der Waals surface area contributed by atoms with E-state index in [4.69, 9.17) is 34.8 Å². The second-order valence-corrected chi connectivity index (χ2v) is 5.84. The molecular weight excluding hydrogens is 303 g/mol. The van der Waals surface area contributed by atoms with Crippen molar-refractivity contribution in [2.45, 2.75) is 31.2 Å². The van der Waals surface area contributed by atoms with Crippen LogP contribution in [-0.4, -0.2) is 9.78 Å². The molecule has 1 fully saturated rings. The highest BCUT2D eigenvalue weighted by Crippen LogP contribution is 2.43. The van der Waals surface area contributed by atoms with Gasteiger partial charge in [0.05, 0.1) is 18.1 Å². The van der Waals surface area contributed by atoms with Crippen LogP contribution in [0, 0.1) is 0 Å². The molecule has 2 aromatic rings. The summed E-state index contributed by atoms with van der Waals surface area (Å²) in [6, 6.07) is 7.73. The molecule has 5 heteroatoms. The maximum atomic E-state index is 6.38. The van der Waals surface area contributed by atoms with Gasteiger partial charge in [0.1, 0.15) is 5.15 Å². The molecule has 19 heavy (non-hydrogen) atoms. The van der Waals surface area contributed by atoms with Gasteiger partial charge in [0.2, 0.25) is 0 Å². The summed E-state index contributed by atoms with van der Waals surface area (Å²) in [4.78, 5) is 0. The average molecular weight is 316 g/mol. The monoisotopic (exact) mass is 314 g/mol. The minimum atomic E-state index is 0.410. The number of nitrogens with zero attached hydrogens (tertiary/aromatic N) is 2. The Balaban J connectivity index is 1.95. The maximum Gasteiger partial charge on any atom is 0.132 e. The first kappa shape index (κ1) is 13.3. The van der Waals surface area contributed by atoms with Crippen molar-refractivity contribution < 1.29 is 0 Å². The molecule has 0 saturated heterocycles. The van der Waals surface area contributed by atoms with Crippen LogP contribution in [0.15, 0.2) is 24.3 Å². The van der Waals surface area contributed by atoms with Gasteiger partial charge >= 0.3 is 0 Å². The van der Waals surface area contributed by atoms with E-state index in [2.05, 4.69) is 5.10 Å². The maximum absolute atomic E-state index is 6.38. The highest BCUT2D eigenvalue weighted by molar-refractivity contribution is 6.32. The van der Waals surface area contributed by atoms with E-state index in [-0.39, 0.29) is 0 Å². The first-order chi connectivity index (χ1) is 9.20. The van der Waals surface area contributed by atoms with Gasteiger partial charge in [-0.1, -0.05) is 41.4 Å². The van der Waals surface area contributed by atoms with Gasteiger partial charge in [-0.3, -0.25) is 0 Å². The van der Waals surface area contributed by atoms with Crippen molar-refractivity contribution in [1.29, 1.82) is 0 Å². The number of alkyl halides is 1. The predicted octanol–water partition coefficient (Wildman–Crippen LogP) is 4.85. The van der Waals surface area contributed by atoms with Crippen molar-refractivity contribution in [3.63, 3.8) is 0 Å². The first-order valence-corrected chi connectivity index (χ1v) is 7.54. The van der Waals surface area contributed by atoms with Crippen LogP contribution in [-0.2, 0) is 12.4 Å². The predicted molar refractivity (Wildman–Crippen MR) is 79.3 cm³/mol. The van der Waals surface area contributed by atoms with E-state index in [1.165, 1.54) is 12.8 Å². The highest BCUT2D eigenvalue weighted by atomic mass is 35.5. The highest BCUT2D eigenvalue weighted by Gasteiger charge is 2.31. The third-order valence-electron chi connectivity index (χ3n) is 3.39. The number of rotatable bonds is 4. The zero-order chi connectivity index (χ0) is 13.4. The molecule has 0 aliphatic heterocycles. The normalized spacial score (nSPS) is 14.9. The molecule has 0 N–H and O–H groups in total. The van der Waals surface area contributed by atoms with E-state index in [0.29, 0.717) is 23.5 Å². The Morgan fingerprint density at radius 3 is 2.58 bits per heavy atom. The molecule has 1 aromatic heterocycles. The van der Waals surface area contributed by atoms with E-state index >= 15 is 0 Å². The van der Waals surface area contributed by atoms with Gasteiger partial charge in [0.15, 0.2) is 0 Å². The Morgan fingerprint density at radius 1 is 1.21 bits per heavy atom. The lowest BCUT2D eigenvalue weighted by Gasteiger charge is -2.05. The van der Waals surface area contributed by atoms with Crippen LogP contribution in [0.5, 0.6) is 0 Å². The molecular formula is C14H13Cl3N2. The van der Waals surface area contributed by atoms with Crippen LogP contribution in [0.1, 0.15) is 35.6 Å². The Kier molecular flexibility index (Phi) is 3.75. The Morgan fingerprint density at radius 2 is 1.95 bits per heavy atom. The van der Waals surface area contributed by atoms with Crippen molar-refractivity contribution in [3.8, 4) is 0 Å². The third-order valence-corrected chi connectivity index (χ3v) is 4.45. The van der Waals surface area contributed by atoms with Crippen molar-refractivity contribution in [1.82, 2.24) is 9.78 Å². The second-order valence-electron chi connectivity index (χ2n) is 4.81. The van der Waals surface area contributed by atoms with Crippen molar-refractivity contribution in [2.75, 3.05) is 0 Å². The summed E-state index contributed by atoms with van der Waals surface area (Å²) in [7, 11) is 0. The van der Waals surface area contributed by atoms with Crippen LogP contribution in [0.25, 0.3) is 0 Å². The Hall–Kier alpha value is -0.700. The fourth-order valence-electron chi connectivity index (χ4n) is 2.20. The summed E-state index contributed by atoms with van der Waals surface area (Å²) in [6.07, 6.45) is 2.37. The summed E-state index contributed by atoms with van der Waals surface area (Å²) in [5.74, 6) is 0.950. The van der Waals surface area contributed by atoms with Crippen LogP contribution in [0.4, 0.5) is 0 Å². The molecule has 1 aliphatic carbocycles. The van der Waals surface area contributed by atoms with Crippen LogP contribution in [0.2, 0.25) is 10.2 Å². The number of halogens is 3. The van der Waals surface area contributed by atoms with Crippen molar-refractivity contribution in [3.05, 3.63) is 51.3 Å². The van der Waals surface area contributed by atoms with E-state index in [1.54, 1.807) is 4.68 Å². The molecule has 0 spiro atoms. The average Bonchev–Trinajstić information content (AvgIpc) is 3.19. The second kappa shape index (κ2) is 5.35. The molecule has 1 saturated carbocycles. The quantitative estimate of drug-likeness (QED) is 0.737. The molecule has 0 atom stereocenters. The molecule has 0 amide bonds. The Labute approximate surface area is 127 Å². The van der Waals surface area contributed by atoms with Gasteiger partial charge in [-0.2, -0.15) is 5.10 Å². The molecule has 0 bridgehead atoms. The lowest BCUT2D eigenvalue weighted by Crippen LogP contribution is -2.03. The van der Waals surface area contributed by atoms with E-state index in [0.717, 1.165) is 21.8 Å². The molecule has 1 aliphatic rings. The van der Waals surface area contributed by atoms with Gasteiger partial charge < -0.3 is 0 Å². The third kappa shape index (κ3) is 2.62. The van der Waals surface area contributed by atoms with Gasteiger partial charge in [0.25, 0.3) is 0 Å². The summed E-state index contributed by atoms with van der Waals surface area (Å²) in [5, 5.41) is 5.99. The molecule has 3 rings (SSSR count). The van der Waals surface area contributed by atoms with Gasteiger partial charge in [-0.15, -0.1) is 11.6 Å². The summed E-state index contributed by atoms with van der Waals surface area (Å²) in [5.41, 5.74) is 3.04. The summed E-state index contributed by atoms with van der Waals surface area (Å²) in [6.45, 7) is 0.578. The number of benzene rings is 1. The van der Waals surface area contributed by atoms with E-state index < -0.39 is 0 Å². The van der Waals surface area contributed by atoms with Gasteiger partial charge in [-0.05, 0) is 24.5 Å². The minimum Gasteiger partial charge on any atom is -0.249 e. The molecule has 0 unspecified atom stereocenters. The first-order valence-electron chi connectivity index (χ1n) is 6.25. The Bertz CT molecular complexity index is 603. The molecule has 2 nitrogen and oxygen atoms in total. The fraction of sp³-hybridized carbons (Fsp3) is 0.357. The summed E-state index contributed by atoms with van der Waals surface area (Å²) >= 11 is 18.5.